The molecular weight excluding hydrogens is 523 g/mol. The molecule has 6 unspecified atom stereocenters. The number of ether oxygens (including phenoxy) is 3. The molecule has 6 rings (SSSR count). The van der Waals surface area contributed by atoms with E-state index < -0.39 is 49.7 Å². The van der Waals surface area contributed by atoms with Gasteiger partial charge in [-0.25, -0.2) is 14.3 Å². The Labute approximate surface area is 214 Å². The second-order valence-electron chi connectivity index (χ2n) is 9.07. The molecule has 0 spiro atoms. The molecule has 3 N–H and O–H groups in total. The van der Waals surface area contributed by atoms with Gasteiger partial charge in [0.1, 0.15) is 6.10 Å². The molecule has 0 saturated carbocycles. The third-order valence-electron chi connectivity index (χ3n) is 6.60. The third kappa shape index (κ3) is 4.03. The molecular formula is C22H21N6O9P. The number of nitrogens with two attached hydrogens (primary N) is 1. The monoisotopic (exact) mass is 544 g/mol. The van der Waals surface area contributed by atoms with Gasteiger partial charge in [0, 0.05) is 6.42 Å². The van der Waals surface area contributed by atoms with Crippen molar-refractivity contribution in [1.29, 1.82) is 5.26 Å². The van der Waals surface area contributed by atoms with Crippen molar-refractivity contribution in [2.45, 2.75) is 43.5 Å². The number of aromatic nitrogens is 4. The Morgan fingerprint density at radius 1 is 1.39 bits per heavy atom. The van der Waals surface area contributed by atoms with Crippen LogP contribution >= 0.6 is 7.82 Å². The number of rotatable bonds is 5. The van der Waals surface area contributed by atoms with E-state index in [0.717, 1.165) is 0 Å². The maximum absolute atomic E-state index is 13.3. The summed E-state index contributed by atoms with van der Waals surface area (Å²) in [6.45, 7) is 1.33. The summed E-state index contributed by atoms with van der Waals surface area (Å²) in [4.78, 5) is 34.9. The van der Waals surface area contributed by atoms with Crippen LogP contribution in [0.1, 0.15) is 36.8 Å². The first-order chi connectivity index (χ1) is 18.2. The number of carbonyl (C=O) groups is 1. The topological polar surface area (TPSA) is 203 Å². The lowest BCUT2D eigenvalue weighted by molar-refractivity contribution is -0.0925. The second kappa shape index (κ2) is 8.90. The van der Waals surface area contributed by atoms with E-state index in [2.05, 4.69) is 21.0 Å². The van der Waals surface area contributed by atoms with E-state index >= 15 is 0 Å². The van der Waals surface area contributed by atoms with Gasteiger partial charge in [0.2, 0.25) is 5.95 Å². The zero-order valence-electron chi connectivity index (χ0n) is 19.8. The van der Waals surface area contributed by atoms with Crippen LogP contribution in [-0.4, -0.2) is 56.7 Å². The minimum absolute atomic E-state index is 0.00726. The van der Waals surface area contributed by atoms with E-state index in [1.54, 1.807) is 31.2 Å². The average molecular weight is 544 g/mol. The lowest BCUT2D eigenvalue weighted by atomic mass is 9.96. The van der Waals surface area contributed by atoms with Crippen LogP contribution < -0.4 is 11.3 Å². The Bertz CT molecular complexity index is 1580. The van der Waals surface area contributed by atoms with Crippen LogP contribution in [0.5, 0.6) is 0 Å². The first kappa shape index (κ1) is 24.5. The number of imidazole rings is 1. The molecule has 15 nitrogen and oxygen atoms in total. The maximum Gasteiger partial charge on any atom is 0.509 e. The number of hydrogen-bond acceptors (Lipinski definition) is 13. The fourth-order valence-corrected chi connectivity index (χ4v) is 6.25. The number of carbonyl (C=O) groups excluding carboxylic acids is 1. The second-order valence-corrected chi connectivity index (χ2v) is 10.7. The predicted molar refractivity (Wildman–Crippen MR) is 125 cm³/mol. The summed E-state index contributed by atoms with van der Waals surface area (Å²) in [5, 5.41) is 9.17. The van der Waals surface area contributed by atoms with Crippen molar-refractivity contribution in [3.8, 4) is 6.07 Å². The van der Waals surface area contributed by atoms with Crippen molar-refractivity contribution in [1.82, 2.24) is 19.5 Å². The van der Waals surface area contributed by atoms with Crippen molar-refractivity contribution in [2.75, 3.05) is 18.9 Å². The molecule has 3 fully saturated rings. The van der Waals surface area contributed by atoms with Crippen LogP contribution in [0.15, 0.2) is 35.4 Å². The largest absolute Gasteiger partial charge is 0.509 e. The molecule has 2 aromatic heterocycles. The van der Waals surface area contributed by atoms with Crippen LogP contribution in [-0.2, 0) is 32.3 Å². The van der Waals surface area contributed by atoms with Gasteiger partial charge in [-0.3, -0.25) is 27.9 Å². The number of hydrogen-bond donors (Lipinski definition) is 2. The number of phosphoric acid groups is 1. The van der Waals surface area contributed by atoms with Gasteiger partial charge in [-0.05, 0) is 24.6 Å². The van der Waals surface area contributed by atoms with E-state index in [1.807, 2.05) is 0 Å². The molecule has 1 aromatic carbocycles. The highest BCUT2D eigenvalue weighted by Gasteiger charge is 2.64. The zero-order chi connectivity index (χ0) is 26.7. The summed E-state index contributed by atoms with van der Waals surface area (Å²) < 4.78 is 48.3. The minimum Gasteiger partial charge on any atom is -0.424 e. The first-order valence-electron chi connectivity index (χ1n) is 11.5. The molecule has 38 heavy (non-hydrogen) atoms. The van der Waals surface area contributed by atoms with Gasteiger partial charge < -0.3 is 19.9 Å². The Balaban J connectivity index is 1.24. The SMILES string of the molecule is CC12OC(=O)OC1C(COP1(=O)OCCC(c3cccc(C#N)c3)O1)OC2n1cnc2c(=O)[nH]c(N)nc21. The Morgan fingerprint density at radius 2 is 2.24 bits per heavy atom. The third-order valence-corrected chi connectivity index (χ3v) is 8.07. The highest BCUT2D eigenvalue weighted by atomic mass is 31.2. The highest BCUT2D eigenvalue weighted by Crippen LogP contribution is 2.58. The number of nitrogen functional groups attached to an aromatic ring is 1. The van der Waals surface area contributed by atoms with Gasteiger partial charge in [-0.15, -0.1) is 0 Å². The smallest absolute Gasteiger partial charge is 0.424 e. The number of aromatic amines is 1. The number of nitrogens with one attached hydrogen (secondary N) is 1. The van der Waals surface area contributed by atoms with Gasteiger partial charge in [0.05, 0.1) is 37.3 Å². The standard InChI is InChI=1S/C22H21N6O9P/c1-22-16(35-21(30)36-22)14(34-19(22)28-10-25-15-17(28)26-20(24)27-18(15)29)9-33-38(31)32-6-5-13(37-38)12-4-2-3-11(7-12)8-23/h2-4,7,10,13-14,16,19H,5-6,9H2,1H3,(H3,24,26,27,29). The Hall–Kier alpha value is -3.80. The molecule has 5 heterocycles. The highest BCUT2D eigenvalue weighted by molar-refractivity contribution is 7.48. The maximum atomic E-state index is 13.3. The number of phosphoric ester groups is 1. The fraction of sp³-hybridized carbons (Fsp3) is 0.409. The predicted octanol–water partition coefficient (Wildman–Crippen LogP) is 2.07. The van der Waals surface area contributed by atoms with Crippen molar-refractivity contribution >= 4 is 31.1 Å². The fourth-order valence-electron chi connectivity index (χ4n) is 4.85. The molecule has 0 radical (unpaired) electrons. The molecule has 0 aliphatic carbocycles. The van der Waals surface area contributed by atoms with Gasteiger partial charge in [0.25, 0.3) is 5.56 Å². The zero-order valence-corrected chi connectivity index (χ0v) is 20.7. The summed E-state index contributed by atoms with van der Waals surface area (Å²) in [7, 11) is -4.05. The van der Waals surface area contributed by atoms with Crippen molar-refractivity contribution in [2.24, 2.45) is 0 Å². The van der Waals surface area contributed by atoms with E-state index in [0.29, 0.717) is 17.5 Å². The number of benzene rings is 1. The van der Waals surface area contributed by atoms with E-state index in [1.165, 1.54) is 10.9 Å². The van der Waals surface area contributed by atoms with Crippen molar-refractivity contribution in [3.05, 3.63) is 52.1 Å². The summed E-state index contributed by atoms with van der Waals surface area (Å²) in [6.07, 6.45) is -2.82. The van der Waals surface area contributed by atoms with E-state index in [4.69, 9.17) is 33.5 Å². The Morgan fingerprint density at radius 3 is 3.05 bits per heavy atom. The molecule has 16 heteroatoms. The van der Waals surface area contributed by atoms with Gasteiger partial charge in [-0.2, -0.15) is 10.2 Å². The number of nitrogens with zero attached hydrogens (tertiary/aromatic N) is 4. The molecule has 3 aromatic rings. The van der Waals surface area contributed by atoms with Crippen LogP contribution in [0.3, 0.4) is 0 Å². The minimum atomic E-state index is -4.05. The number of fused-ring (bicyclic) bond motifs is 2. The van der Waals surface area contributed by atoms with Crippen LogP contribution in [0.4, 0.5) is 10.7 Å². The Kier molecular flexibility index (Phi) is 5.74. The summed E-state index contributed by atoms with van der Waals surface area (Å²) >= 11 is 0. The van der Waals surface area contributed by atoms with Crippen molar-refractivity contribution < 1.29 is 37.1 Å². The van der Waals surface area contributed by atoms with Crippen LogP contribution in [0, 0.1) is 11.3 Å². The van der Waals surface area contributed by atoms with Crippen LogP contribution in [0.25, 0.3) is 11.2 Å². The lowest BCUT2D eigenvalue weighted by Crippen LogP contribution is -2.42. The van der Waals surface area contributed by atoms with Crippen LogP contribution in [0.2, 0.25) is 0 Å². The van der Waals surface area contributed by atoms with E-state index in [9.17, 15) is 19.4 Å². The van der Waals surface area contributed by atoms with Crippen molar-refractivity contribution in [3.63, 3.8) is 0 Å². The molecule has 3 aliphatic rings. The molecule has 198 valence electrons. The first-order valence-corrected chi connectivity index (χ1v) is 13.0. The number of H-pyrrole nitrogens is 1. The average Bonchev–Trinajstić information content (AvgIpc) is 3.52. The lowest BCUT2D eigenvalue weighted by Gasteiger charge is -2.30. The molecule has 6 atom stereocenters. The summed E-state index contributed by atoms with van der Waals surface area (Å²) in [6, 6.07) is 8.82. The van der Waals surface area contributed by atoms with E-state index in [-0.39, 0.29) is 30.3 Å². The summed E-state index contributed by atoms with van der Waals surface area (Å²) in [5.41, 5.74) is 4.99. The normalized spacial score (nSPS) is 32.5. The quantitative estimate of drug-likeness (QED) is 0.349. The number of nitriles is 1. The molecule has 0 bridgehead atoms. The molecule has 0 amide bonds. The van der Waals surface area contributed by atoms with Gasteiger partial charge in [-0.1, -0.05) is 12.1 Å². The molecule has 3 aliphatic heterocycles. The van der Waals surface area contributed by atoms with Gasteiger partial charge >= 0.3 is 14.0 Å². The van der Waals surface area contributed by atoms with Gasteiger partial charge in [0.15, 0.2) is 29.1 Å². The number of anilines is 1. The summed E-state index contributed by atoms with van der Waals surface area (Å²) in [5.74, 6) is -0.136. The molecule has 3 saturated heterocycles.